The second-order valence-electron chi connectivity index (χ2n) is 6.00. The standard InChI is InChI=1S/C19H16N2O5S/c1-27-14-8-6-12(7-9-14)11-2-4-13(5-3-11)15(22)10-19(26)16(23)20-18(25)21-17(19)24/h2-9,26H,10H2,1H3,(H2,20,21,23,24,25). The van der Waals surface area contributed by atoms with E-state index in [1.54, 1.807) is 46.7 Å². The van der Waals surface area contributed by atoms with E-state index in [-0.39, 0.29) is 5.56 Å². The molecule has 1 saturated heterocycles. The summed E-state index contributed by atoms with van der Waals surface area (Å²) >= 11 is 1.64. The first-order valence-electron chi connectivity index (χ1n) is 8.00. The molecule has 0 saturated carbocycles. The van der Waals surface area contributed by atoms with E-state index in [4.69, 9.17) is 0 Å². The van der Waals surface area contributed by atoms with Crippen molar-refractivity contribution in [3.8, 4) is 11.1 Å². The third kappa shape index (κ3) is 3.76. The summed E-state index contributed by atoms with van der Waals surface area (Å²) < 4.78 is 0. The first kappa shape index (κ1) is 18.8. The average Bonchev–Trinajstić information content (AvgIpc) is 2.66. The molecule has 0 radical (unpaired) electrons. The molecule has 0 bridgehead atoms. The summed E-state index contributed by atoms with van der Waals surface area (Å²) in [6, 6.07) is 13.5. The molecule has 1 aliphatic rings. The maximum absolute atomic E-state index is 12.4. The van der Waals surface area contributed by atoms with Crippen LogP contribution >= 0.6 is 11.8 Å². The maximum Gasteiger partial charge on any atom is 0.328 e. The molecule has 3 rings (SSSR count). The lowest BCUT2D eigenvalue weighted by Crippen LogP contribution is -2.67. The van der Waals surface area contributed by atoms with E-state index in [1.165, 1.54) is 0 Å². The van der Waals surface area contributed by atoms with Gasteiger partial charge in [0.15, 0.2) is 5.78 Å². The van der Waals surface area contributed by atoms with Crippen LogP contribution in [0.5, 0.6) is 0 Å². The van der Waals surface area contributed by atoms with Crippen LogP contribution in [-0.2, 0) is 9.59 Å². The van der Waals surface area contributed by atoms with Gasteiger partial charge in [0.1, 0.15) is 0 Å². The van der Waals surface area contributed by atoms with Gasteiger partial charge in [-0.3, -0.25) is 25.0 Å². The van der Waals surface area contributed by atoms with Crippen LogP contribution in [0.15, 0.2) is 53.4 Å². The highest BCUT2D eigenvalue weighted by Crippen LogP contribution is 2.24. The molecule has 8 heteroatoms. The number of rotatable bonds is 5. The Bertz CT molecular complexity index is 902. The molecule has 3 N–H and O–H groups in total. The molecule has 7 nitrogen and oxygen atoms in total. The van der Waals surface area contributed by atoms with Crippen molar-refractivity contribution in [2.24, 2.45) is 0 Å². The minimum atomic E-state index is -2.61. The van der Waals surface area contributed by atoms with Gasteiger partial charge >= 0.3 is 6.03 Å². The summed E-state index contributed by atoms with van der Waals surface area (Å²) in [6.45, 7) is 0. The molecule has 0 atom stereocenters. The Kier molecular flexibility index (Phi) is 5.11. The fourth-order valence-electron chi connectivity index (χ4n) is 2.67. The number of urea groups is 1. The van der Waals surface area contributed by atoms with Crippen molar-refractivity contribution in [2.45, 2.75) is 16.9 Å². The minimum absolute atomic E-state index is 0.241. The number of aliphatic hydroxyl groups is 1. The van der Waals surface area contributed by atoms with Crippen molar-refractivity contribution in [3.63, 3.8) is 0 Å². The Morgan fingerprint density at radius 2 is 1.41 bits per heavy atom. The lowest BCUT2D eigenvalue weighted by atomic mass is 9.90. The van der Waals surface area contributed by atoms with Gasteiger partial charge in [-0.25, -0.2) is 4.79 Å². The molecule has 138 valence electrons. The summed E-state index contributed by atoms with van der Waals surface area (Å²) in [5.41, 5.74) is -0.492. The van der Waals surface area contributed by atoms with E-state index in [9.17, 15) is 24.3 Å². The molecule has 27 heavy (non-hydrogen) atoms. The number of barbiturate groups is 1. The fourth-order valence-corrected chi connectivity index (χ4v) is 3.08. The number of imide groups is 2. The molecule has 1 fully saturated rings. The Morgan fingerprint density at radius 1 is 0.926 bits per heavy atom. The number of benzene rings is 2. The van der Waals surface area contributed by atoms with Gasteiger partial charge < -0.3 is 5.11 Å². The van der Waals surface area contributed by atoms with E-state index < -0.39 is 35.7 Å². The molecule has 0 spiro atoms. The SMILES string of the molecule is CSc1ccc(-c2ccc(C(=O)CC3(O)C(=O)NC(=O)NC3=O)cc2)cc1. The van der Waals surface area contributed by atoms with Crippen molar-refractivity contribution in [1.29, 1.82) is 0 Å². The molecule has 1 heterocycles. The summed E-state index contributed by atoms with van der Waals surface area (Å²) in [4.78, 5) is 48.2. The third-order valence-corrected chi connectivity index (χ3v) is 5.00. The van der Waals surface area contributed by atoms with Crippen LogP contribution in [0.1, 0.15) is 16.8 Å². The highest BCUT2D eigenvalue weighted by atomic mass is 32.2. The van der Waals surface area contributed by atoms with E-state index in [2.05, 4.69) is 0 Å². The zero-order valence-corrected chi connectivity index (χ0v) is 15.1. The predicted octanol–water partition coefficient (Wildman–Crippen LogP) is 1.75. The monoisotopic (exact) mass is 384 g/mol. The lowest BCUT2D eigenvalue weighted by molar-refractivity contribution is -0.154. The van der Waals surface area contributed by atoms with E-state index >= 15 is 0 Å². The minimum Gasteiger partial charge on any atom is -0.371 e. The van der Waals surface area contributed by atoms with Crippen LogP contribution in [0.3, 0.4) is 0 Å². The molecule has 4 amide bonds. The Morgan fingerprint density at radius 3 is 1.89 bits per heavy atom. The summed E-state index contributed by atoms with van der Waals surface area (Å²) in [6.07, 6.45) is 1.23. The quantitative estimate of drug-likeness (QED) is 0.411. The zero-order valence-electron chi connectivity index (χ0n) is 14.3. The van der Waals surface area contributed by atoms with Gasteiger partial charge in [0.2, 0.25) is 5.60 Å². The number of carbonyl (C=O) groups is 4. The highest BCUT2D eigenvalue weighted by Gasteiger charge is 2.50. The number of hydrogen-bond acceptors (Lipinski definition) is 6. The van der Waals surface area contributed by atoms with Crippen LogP contribution < -0.4 is 10.6 Å². The average molecular weight is 384 g/mol. The van der Waals surface area contributed by atoms with Crippen LogP contribution in [0.4, 0.5) is 4.79 Å². The molecular weight excluding hydrogens is 368 g/mol. The topological polar surface area (TPSA) is 113 Å². The number of ketones is 1. The Labute approximate surface area is 159 Å². The molecule has 0 unspecified atom stereocenters. The predicted molar refractivity (Wildman–Crippen MR) is 99.2 cm³/mol. The lowest BCUT2D eigenvalue weighted by Gasteiger charge is -2.28. The molecule has 2 aromatic rings. The largest absolute Gasteiger partial charge is 0.371 e. The Balaban J connectivity index is 1.76. The van der Waals surface area contributed by atoms with Crippen molar-refractivity contribution in [2.75, 3.05) is 6.26 Å². The third-order valence-electron chi connectivity index (χ3n) is 4.25. The zero-order chi connectivity index (χ0) is 19.6. The summed E-state index contributed by atoms with van der Waals surface area (Å²) in [5, 5.41) is 13.8. The van der Waals surface area contributed by atoms with E-state index in [0.717, 1.165) is 16.0 Å². The first-order valence-corrected chi connectivity index (χ1v) is 9.23. The van der Waals surface area contributed by atoms with Gasteiger partial charge in [0.25, 0.3) is 11.8 Å². The van der Waals surface area contributed by atoms with Gasteiger partial charge in [0, 0.05) is 10.5 Å². The van der Waals surface area contributed by atoms with Crippen molar-refractivity contribution in [3.05, 3.63) is 54.1 Å². The van der Waals surface area contributed by atoms with Gasteiger partial charge in [-0.15, -0.1) is 11.8 Å². The highest BCUT2D eigenvalue weighted by molar-refractivity contribution is 7.98. The molecule has 1 aliphatic heterocycles. The summed E-state index contributed by atoms with van der Waals surface area (Å²) in [5.74, 6) is -3.02. The van der Waals surface area contributed by atoms with Gasteiger partial charge in [0.05, 0.1) is 6.42 Å². The number of nitrogens with one attached hydrogen (secondary N) is 2. The normalized spacial score (nSPS) is 15.9. The number of hydrogen-bond donors (Lipinski definition) is 3. The van der Waals surface area contributed by atoms with Crippen molar-refractivity contribution < 1.29 is 24.3 Å². The smallest absolute Gasteiger partial charge is 0.328 e. The second kappa shape index (κ2) is 7.34. The summed E-state index contributed by atoms with van der Waals surface area (Å²) in [7, 11) is 0. The fraction of sp³-hybridized carbons (Fsp3) is 0.158. The molecule has 0 aromatic heterocycles. The first-order chi connectivity index (χ1) is 12.8. The van der Waals surface area contributed by atoms with Crippen LogP contribution in [-0.4, -0.2) is 40.6 Å². The number of Topliss-reactive ketones (excluding diaryl/α,β-unsaturated/α-hetero) is 1. The number of amides is 4. The van der Waals surface area contributed by atoms with E-state index in [0.29, 0.717) is 0 Å². The van der Waals surface area contributed by atoms with E-state index in [1.807, 2.05) is 30.5 Å². The Hall–Kier alpha value is -2.97. The second-order valence-corrected chi connectivity index (χ2v) is 6.88. The van der Waals surface area contributed by atoms with Crippen LogP contribution in [0, 0.1) is 0 Å². The van der Waals surface area contributed by atoms with Gasteiger partial charge in [-0.2, -0.15) is 0 Å². The molecule has 2 aromatic carbocycles. The van der Waals surface area contributed by atoms with Gasteiger partial charge in [-0.05, 0) is 29.5 Å². The maximum atomic E-state index is 12.4. The number of thioether (sulfide) groups is 1. The molecule has 0 aliphatic carbocycles. The van der Waals surface area contributed by atoms with Crippen LogP contribution in [0.2, 0.25) is 0 Å². The number of carbonyl (C=O) groups excluding carboxylic acids is 4. The van der Waals surface area contributed by atoms with Crippen molar-refractivity contribution in [1.82, 2.24) is 10.6 Å². The van der Waals surface area contributed by atoms with Crippen LogP contribution in [0.25, 0.3) is 11.1 Å². The molecular formula is C19H16N2O5S. The van der Waals surface area contributed by atoms with Gasteiger partial charge in [-0.1, -0.05) is 36.4 Å². The van der Waals surface area contributed by atoms with Crippen molar-refractivity contribution >= 4 is 35.4 Å².